The van der Waals surface area contributed by atoms with Crippen LogP contribution in [0.25, 0.3) is 0 Å². The molecule has 8 heteroatoms. The number of hydrogen-bond acceptors (Lipinski definition) is 5. The molecule has 21 heavy (non-hydrogen) atoms. The largest absolute Gasteiger partial charge is 0.474 e. The summed E-state index contributed by atoms with van der Waals surface area (Å²) in [7, 11) is 0. The van der Waals surface area contributed by atoms with Crippen LogP contribution in [-0.2, 0) is 4.79 Å². The van der Waals surface area contributed by atoms with Crippen LogP contribution in [0, 0.1) is 16.0 Å². The van der Waals surface area contributed by atoms with E-state index in [1.165, 1.54) is 18.2 Å². The fourth-order valence-corrected chi connectivity index (χ4v) is 2.02. The molecule has 1 aromatic rings. The zero-order valence-electron chi connectivity index (χ0n) is 11.5. The number of nitro benzene ring substituents is 1. The van der Waals surface area contributed by atoms with Gasteiger partial charge in [0.2, 0.25) is 0 Å². The molecule has 1 heterocycles. The summed E-state index contributed by atoms with van der Waals surface area (Å²) < 4.78 is 5.38. The molecular weight excluding hydrogens is 298 g/mol. The van der Waals surface area contributed by atoms with Gasteiger partial charge in [-0.15, -0.1) is 0 Å². The molecule has 1 fully saturated rings. The number of ether oxygens (including phenoxy) is 1. The Balaban J connectivity index is 1.96. The first-order valence-electron chi connectivity index (χ1n) is 6.56. The van der Waals surface area contributed by atoms with Gasteiger partial charge in [0.15, 0.2) is 11.9 Å². The first-order chi connectivity index (χ1) is 9.97. The second kappa shape index (κ2) is 6.73. The van der Waals surface area contributed by atoms with Gasteiger partial charge in [-0.1, -0.05) is 11.6 Å². The van der Waals surface area contributed by atoms with Crippen LogP contribution in [0.1, 0.15) is 6.92 Å². The van der Waals surface area contributed by atoms with Crippen molar-refractivity contribution in [1.82, 2.24) is 10.6 Å². The molecule has 1 unspecified atom stereocenters. The Labute approximate surface area is 126 Å². The Morgan fingerprint density at radius 3 is 2.90 bits per heavy atom. The number of nitrogens with zero attached hydrogens (tertiary/aromatic N) is 1. The Hall–Kier alpha value is -1.86. The third-order valence-electron chi connectivity index (χ3n) is 3.22. The van der Waals surface area contributed by atoms with Crippen molar-refractivity contribution in [2.45, 2.75) is 13.0 Å². The minimum absolute atomic E-state index is 0.0253. The zero-order chi connectivity index (χ0) is 15.4. The number of benzene rings is 1. The predicted molar refractivity (Wildman–Crippen MR) is 77.6 cm³/mol. The Bertz CT molecular complexity index is 548. The van der Waals surface area contributed by atoms with E-state index in [1.807, 2.05) is 0 Å². The predicted octanol–water partition coefficient (Wildman–Crippen LogP) is 1.35. The fourth-order valence-electron chi connectivity index (χ4n) is 1.86. The summed E-state index contributed by atoms with van der Waals surface area (Å²) in [6.45, 7) is 3.89. The average molecular weight is 314 g/mol. The number of nitrogens with one attached hydrogen (secondary N) is 2. The first kappa shape index (κ1) is 15.5. The number of halogens is 1. The summed E-state index contributed by atoms with van der Waals surface area (Å²) >= 11 is 5.72. The molecule has 0 radical (unpaired) electrons. The van der Waals surface area contributed by atoms with Crippen LogP contribution in [0.4, 0.5) is 5.69 Å². The van der Waals surface area contributed by atoms with E-state index in [0.717, 1.165) is 13.1 Å². The molecule has 7 nitrogen and oxygen atoms in total. The van der Waals surface area contributed by atoms with Crippen molar-refractivity contribution in [3.8, 4) is 5.75 Å². The highest BCUT2D eigenvalue weighted by molar-refractivity contribution is 6.30. The number of carbonyl (C=O) groups is 1. The molecule has 0 bridgehead atoms. The summed E-state index contributed by atoms with van der Waals surface area (Å²) in [6.07, 6.45) is -0.821. The highest BCUT2D eigenvalue weighted by Gasteiger charge is 2.23. The number of amides is 1. The van der Waals surface area contributed by atoms with Gasteiger partial charge < -0.3 is 15.4 Å². The van der Waals surface area contributed by atoms with Crippen molar-refractivity contribution in [3.63, 3.8) is 0 Å². The lowest BCUT2D eigenvalue weighted by atomic mass is 10.0. The molecule has 114 valence electrons. The van der Waals surface area contributed by atoms with Crippen molar-refractivity contribution in [3.05, 3.63) is 33.3 Å². The number of nitro groups is 1. The standard InChI is InChI=1S/C13H16ClN3O4/c1-8(13(18)16-7-9-5-15-6-9)21-12-3-2-10(14)4-11(12)17(19)20/h2-4,8-9,15H,5-7H2,1H3,(H,16,18). The van der Waals surface area contributed by atoms with Crippen molar-refractivity contribution < 1.29 is 14.5 Å². The summed E-state index contributed by atoms with van der Waals surface area (Å²) in [5.74, 6) is 0.162. The number of hydrogen-bond donors (Lipinski definition) is 2. The second-order valence-electron chi connectivity index (χ2n) is 4.90. The normalized spacial score (nSPS) is 15.9. The maximum atomic E-state index is 11.9. The lowest BCUT2D eigenvalue weighted by molar-refractivity contribution is -0.386. The minimum atomic E-state index is -0.821. The molecule has 2 rings (SSSR count). The topological polar surface area (TPSA) is 93.5 Å². The molecule has 0 aromatic heterocycles. The minimum Gasteiger partial charge on any atom is -0.474 e. The summed E-state index contributed by atoms with van der Waals surface area (Å²) in [6, 6.07) is 4.07. The molecule has 1 aliphatic heterocycles. The van der Waals surface area contributed by atoms with E-state index < -0.39 is 11.0 Å². The van der Waals surface area contributed by atoms with Gasteiger partial charge in [0, 0.05) is 36.6 Å². The van der Waals surface area contributed by atoms with E-state index >= 15 is 0 Å². The molecule has 0 saturated carbocycles. The SMILES string of the molecule is CC(Oc1ccc(Cl)cc1[N+](=O)[O-])C(=O)NCC1CNC1. The smallest absolute Gasteiger partial charge is 0.312 e. The zero-order valence-corrected chi connectivity index (χ0v) is 12.2. The van der Waals surface area contributed by atoms with E-state index in [-0.39, 0.29) is 22.4 Å². The Kier molecular flexibility index (Phi) is 4.98. The van der Waals surface area contributed by atoms with Gasteiger partial charge in [0.1, 0.15) is 0 Å². The van der Waals surface area contributed by atoms with Crippen LogP contribution in [0.2, 0.25) is 5.02 Å². The van der Waals surface area contributed by atoms with Crippen molar-refractivity contribution >= 4 is 23.2 Å². The molecule has 0 spiro atoms. The summed E-state index contributed by atoms with van der Waals surface area (Å²) in [5.41, 5.74) is -0.259. The maximum Gasteiger partial charge on any atom is 0.312 e. The van der Waals surface area contributed by atoms with E-state index in [9.17, 15) is 14.9 Å². The van der Waals surface area contributed by atoms with Gasteiger partial charge in [-0.05, 0) is 19.1 Å². The maximum absolute atomic E-state index is 11.9. The monoisotopic (exact) mass is 313 g/mol. The lowest BCUT2D eigenvalue weighted by Crippen LogP contribution is -2.49. The fraction of sp³-hybridized carbons (Fsp3) is 0.462. The van der Waals surface area contributed by atoms with E-state index in [1.54, 1.807) is 6.92 Å². The summed E-state index contributed by atoms with van der Waals surface area (Å²) in [5, 5.41) is 17.1. The van der Waals surface area contributed by atoms with Gasteiger partial charge in [0.25, 0.3) is 5.91 Å². The molecule has 1 saturated heterocycles. The van der Waals surface area contributed by atoms with Crippen LogP contribution < -0.4 is 15.4 Å². The number of rotatable bonds is 6. The highest BCUT2D eigenvalue weighted by atomic mass is 35.5. The average Bonchev–Trinajstić information content (AvgIpc) is 2.38. The quantitative estimate of drug-likeness (QED) is 0.611. The lowest BCUT2D eigenvalue weighted by Gasteiger charge is -2.27. The van der Waals surface area contributed by atoms with Crippen molar-refractivity contribution in [1.29, 1.82) is 0 Å². The van der Waals surface area contributed by atoms with Crippen LogP contribution in [0.5, 0.6) is 5.75 Å². The van der Waals surface area contributed by atoms with Crippen LogP contribution in [0.15, 0.2) is 18.2 Å². The highest BCUT2D eigenvalue weighted by Crippen LogP contribution is 2.30. The second-order valence-corrected chi connectivity index (χ2v) is 5.34. The van der Waals surface area contributed by atoms with Crippen LogP contribution in [0.3, 0.4) is 0 Å². The Morgan fingerprint density at radius 1 is 1.62 bits per heavy atom. The molecule has 1 aromatic carbocycles. The van der Waals surface area contributed by atoms with Gasteiger partial charge >= 0.3 is 5.69 Å². The molecule has 1 amide bonds. The Morgan fingerprint density at radius 2 is 2.33 bits per heavy atom. The van der Waals surface area contributed by atoms with E-state index in [2.05, 4.69) is 10.6 Å². The molecule has 1 aliphatic rings. The van der Waals surface area contributed by atoms with Crippen molar-refractivity contribution in [2.75, 3.05) is 19.6 Å². The molecule has 0 aliphatic carbocycles. The van der Waals surface area contributed by atoms with Crippen LogP contribution >= 0.6 is 11.6 Å². The molecule has 1 atom stereocenters. The molecular formula is C13H16ClN3O4. The van der Waals surface area contributed by atoms with Gasteiger partial charge in [-0.2, -0.15) is 0 Å². The van der Waals surface area contributed by atoms with Gasteiger partial charge in [-0.25, -0.2) is 0 Å². The van der Waals surface area contributed by atoms with Gasteiger partial charge in [-0.3, -0.25) is 14.9 Å². The third-order valence-corrected chi connectivity index (χ3v) is 3.46. The van der Waals surface area contributed by atoms with Gasteiger partial charge in [0.05, 0.1) is 4.92 Å². The van der Waals surface area contributed by atoms with Crippen molar-refractivity contribution in [2.24, 2.45) is 5.92 Å². The van der Waals surface area contributed by atoms with E-state index in [0.29, 0.717) is 12.5 Å². The van der Waals surface area contributed by atoms with Crippen LogP contribution in [-0.4, -0.2) is 36.6 Å². The van der Waals surface area contributed by atoms with E-state index in [4.69, 9.17) is 16.3 Å². The molecule has 2 N–H and O–H groups in total. The first-order valence-corrected chi connectivity index (χ1v) is 6.94. The third kappa shape index (κ3) is 4.05. The summed E-state index contributed by atoms with van der Waals surface area (Å²) in [4.78, 5) is 22.2. The number of carbonyl (C=O) groups excluding carboxylic acids is 1.